The smallest absolute Gasteiger partial charge is 0.312 e. The number of amides is 3. The summed E-state index contributed by atoms with van der Waals surface area (Å²) in [5.41, 5.74) is 4.99. The number of halogens is 2. The van der Waals surface area contributed by atoms with E-state index in [1.165, 1.54) is 0 Å². The van der Waals surface area contributed by atoms with Gasteiger partial charge < -0.3 is 16.4 Å². The molecule has 0 unspecified atom stereocenters. The molecule has 7 heteroatoms. The summed E-state index contributed by atoms with van der Waals surface area (Å²) in [6.07, 6.45) is 0.621. The van der Waals surface area contributed by atoms with Crippen molar-refractivity contribution in [2.24, 2.45) is 11.7 Å². The van der Waals surface area contributed by atoms with Crippen LogP contribution in [-0.4, -0.2) is 18.0 Å². The van der Waals surface area contributed by atoms with Crippen LogP contribution in [0.1, 0.15) is 20.3 Å². The van der Waals surface area contributed by atoms with E-state index in [9.17, 15) is 18.4 Å². The first-order valence-electron chi connectivity index (χ1n) is 6.16. The predicted molar refractivity (Wildman–Crippen MR) is 70.9 cm³/mol. The van der Waals surface area contributed by atoms with E-state index in [-0.39, 0.29) is 11.6 Å². The zero-order valence-corrected chi connectivity index (χ0v) is 11.2. The maximum atomic E-state index is 13.0. The lowest BCUT2D eigenvalue weighted by Gasteiger charge is -2.22. The van der Waals surface area contributed by atoms with Gasteiger partial charge >= 0.3 is 6.03 Å². The maximum Gasteiger partial charge on any atom is 0.312 e. The standard InChI is InChI=1S/C13H17F2N3O2/c1-3-7(2)11(18-13(16)20)12(19)17-10-5-8(14)4-9(15)6-10/h4-7,11H,3H2,1-2H3,(H,17,19)(H3,16,18,20)/t7-,11+/m1/s1. The summed E-state index contributed by atoms with van der Waals surface area (Å²) in [4.78, 5) is 23.0. The lowest BCUT2D eigenvalue weighted by molar-refractivity contribution is -0.119. The molecule has 0 spiro atoms. The number of carbonyl (C=O) groups excluding carboxylic acids is 2. The molecule has 1 aromatic rings. The second-order valence-corrected chi connectivity index (χ2v) is 4.52. The average Bonchev–Trinajstić information content (AvgIpc) is 2.33. The summed E-state index contributed by atoms with van der Waals surface area (Å²) in [7, 11) is 0. The summed E-state index contributed by atoms with van der Waals surface area (Å²) >= 11 is 0. The molecule has 0 aromatic heterocycles. The van der Waals surface area contributed by atoms with E-state index in [2.05, 4.69) is 10.6 Å². The molecule has 5 nitrogen and oxygen atoms in total. The number of benzene rings is 1. The van der Waals surface area contributed by atoms with Gasteiger partial charge in [0.05, 0.1) is 0 Å². The minimum atomic E-state index is -0.871. The summed E-state index contributed by atoms with van der Waals surface area (Å²) in [6, 6.07) is 0.959. The highest BCUT2D eigenvalue weighted by Crippen LogP contribution is 2.15. The first kappa shape index (κ1) is 15.9. The molecule has 4 N–H and O–H groups in total. The van der Waals surface area contributed by atoms with Crippen LogP contribution < -0.4 is 16.4 Å². The van der Waals surface area contributed by atoms with E-state index in [4.69, 9.17) is 5.73 Å². The van der Waals surface area contributed by atoms with Crippen LogP contribution in [0.4, 0.5) is 19.3 Å². The topological polar surface area (TPSA) is 84.2 Å². The number of hydrogen-bond donors (Lipinski definition) is 3. The lowest BCUT2D eigenvalue weighted by Crippen LogP contribution is -2.49. The molecule has 1 rings (SSSR count). The number of rotatable bonds is 5. The van der Waals surface area contributed by atoms with Crippen molar-refractivity contribution in [1.29, 1.82) is 0 Å². The van der Waals surface area contributed by atoms with Crippen molar-refractivity contribution < 1.29 is 18.4 Å². The van der Waals surface area contributed by atoms with E-state index >= 15 is 0 Å². The van der Waals surface area contributed by atoms with Crippen LogP contribution in [0.25, 0.3) is 0 Å². The molecule has 0 saturated heterocycles. The molecule has 20 heavy (non-hydrogen) atoms. The minimum absolute atomic E-state index is 0.0212. The van der Waals surface area contributed by atoms with Crippen LogP contribution in [0.3, 0.4) is 0 Å². The molecule has 0 fully saturated rings. The van der Waals surface area contributed by atoms with E-state index in [1.807, 2.05) is 6.92 Å². The fourth-order valence-electron chi connectivity index (χ4n) is 1.70. The Labute approximate surface area is 115 Å². The number of hydrogen-bond acceptors (Lipinski definition) is 2. The van der Waals surface area contributed by atoms with Gasteiger partial charge in [0.25, 0.3) is 0 Å². The van der Waals surface area contributed by atoms with Crippen molar-refractivity contribution >= 4 is 17.6 Å². The second-order valence-electron chi connectivity index (χ2n) is 4.52. The zero-order chi connectivity index (χ0) is 15.3. The van der Waals surface area contributed by atoms with E-state index in [0.717, 1.165) is 12.1 Å². The number of primary amides is 1. The minimum Gasteiger partial charge on any atom is -0.352 e. The molecule has 0 aliphatic carbocycles. The monoisotopic (exact) mass is 285 g/mol. The maximum absolute atomic E-state index is 13.0. The SMILES string of the molecule is CC[C@@H](C)[C@H](NC(N)=O)C(=O)Nc1cc(F)cc(F)c1. The van der Waals surface area contributed by atoms with Gasteiger partial charge in [0, 0.05) is 11.8 Å². The summed E-state index contributed by atoms with van der Waals surface area (Å²) in [5.74, 6) is -2.37. The molecule has 2 atom stereocenters. The Morgan fingerprint density at radius 1 is 1.25 bits per heavy atom. The van der Waals surface area contributed by atoms with Crippen molar-refractivity contribution in [3.63, 3.8) is 0 Å². The lowest BCUT2D eigenvalue weighted by atomic mass is 9.98. The average molecular weight is 285 g/mol. The van der Waals surface area contributed by atoms with Crippen molar-refractivity contribution in [2.45, 2.75) is 26.3 Å². The van der Waals surface area contributed by atoms with Gasteiger partial charge in [0.1, 0.15) is 17.7 Å². The van der Waals surface area contributed by atoms with Crippen molar-refractivity contribution in [1.82, 2.24) is 5.32 Å². The Morgan fingerprint density at radius 3 is 2.25 bits per heavy atom. The van der Waals surface area contributed by atoms with Gasteiger partial charge in [-0.1, -0.05) is 20.3 Å². The van der Waals surface area contributed by atoms with Crippen LogP contribution >= 0.6 is 0 Å². The summed E-state index contributed by atoms with van der Waals surface area (Å²) in [5, 5.41) is 4.67. The molecule has 0 saturated carbocycles. The molecular weight excluding hydrogens is 268 g/mol. The molecule has 3 amide bonds. The van der Waals surface area contributed by atoms with E-state index < -0.39 is 29.6 Å². The van der Waals surface area contributed by atoms with Gasteiger partial charge in [0.15, 0.2) is 0 Å². The summed E-state index contributed by atoms with van der Waals surface area (Å²) < 4.78 is 26.1. The van der Waals surface area contributed by atoms with Gasteiger partial charge in [-0.05, 0) is 18.1 Å². The first-order chi connectivity index (χ1) is 9.33. The molecule has 0 bridgehead atoms. The third kappa shape index (κ3) is 4.49. The highest BCUT2D eigenvalue weighted by Gasteiger charge is 2.25. The Balaban J connectivity index is 2.87. The quantitative estimate of drug-likeness (QED) is 0.773. The van der Waals surface area contributed by atoms with Gasteiger partial charge in [-0.2, -0.15) is 0 Å². The zero-order valence-electron chi connectivity index (χ0n) is 11.2. The molecule has 1 aromatic carbocycles. The largest absolute Gasteiger partial charge is 0.352 e. The molecule has 110 valence electrons. The van der Waals surface area contributed by atoms with Crippen LogP contribution in [0.2, 0.25) is 0 Å². The Kier molecular flexibility index (Phi) is 5.42. The number of carbonyl (C=O) groups is 2. The first-order valence-corrected chi connectivity index (χ1v) is 6.16. The fraction of sp³-hybridized carbons (Fsp3) is 0.385. The van der Waals surface area contributed by atoms with Crippen molar-refractivity contribution in [2.75, 3.05) is 5.32 Å². The Bertz CT molecular complexity index is 488. The number of urea groups is 1. The number of nitrogens with two attached hydrogens (primary N) is 1. The number of anilines is 1. The van der Waals surface area contributed by atoms with Gasteiger partial charge in [-0.3, -0.25) is 4.79 Å². The fourth-order valence-corrected chi connectivity index (χ4v) is 1.70. The van der Waals surface area contributed by atoms with Crippen molar-refractivity contribution in [3.8, 4) is 0 Å². The third-order valence-corrected chi connectivity index (χ3v) is 2.92. The highest BCUT2D eigenvalue weighted by atomic mass is 19.1. The molecular formula is C13H17F2N3O2. The Morgan fingerprint density at radius 2 is 1.80 bits per heavy atom. The predicted octanol–water partition coefficient (Wildman–Crippen LogP) is 1.99. The molecule has 0 heterocycles. The van der Waals surface area contributed by atoms with E-state index in [0.29, 0.717) is 12.5 Å². The number of nitrogens with one attached hydrogen (secondary N) is 2. The highest BCUT2D eigenvalue weighted by molar-refractivity contribution is 5.97. The second kappa shape index (κ2) is 6.83. The van der Waals surface area contributed by atoms with Crippen LogP contribution in [0.15, 0.2) is 18.2 Å². The summed E-state index contributed by atoms with van der Waals surface area (Å²) in [6.45, 7) is 3.60. The van der Waals surface area contributed by atoms with E-state index in [1.54, 1.807) is 6.92 Å². The van der Waals surface area contributed by atoms with Gasteiger partial charge in [0.2, 0.25) is 5.91 Å². The Hall–Kier alpha value is -2.18. The molecule has 0 aliphatic heterocycles. The normalized spacial score (nSPS) is 13.4. The van der Waals surface area contributed by atoms with Crippen LogP contribution in [0.5, 0.6) is 0 Å². The molecule has 0 radical (unpaired) electrons. The van der Waals surface area contributed by atoms with Crippen molar-refractivity contribution in [3.05, 3.63) is 29.8 Å². The molecule has 0 aliphatic rings. The van der Waals surface area contributed by atoms with Crippen LogP contribution in [-0.2, 0) is 4.79 Å². The van der Waals surface area contributed by atoms with Gasteiger partial charge in [-0.25, -0.2) is 13.6 Å². The third-order valence-electron chi connectivity index (χ3n) is 2.92. The van der Waals surface area contributed by atoms with Gasteiger partial charge in [-0.15, -0.1) is 0 Å². The van der Waals surface area contributed by atoms with Crippen LogP contribution in [0, 0.1) is 17.6 Å².